The van der Waals surface area contributed by atoms with Crippen molar-refractivity contribution in [3.8, 4) is 45.8 Å². The van der Waals surface area contributed by atoms with Crippen LogP contribution in [0.1, 0.15) is 16.7 Å². The number of nitrogens with one attached hydrogen (secondary N) is 1. The van der Waals surface area contributed by atoms with Gasteiger partial charge in [-0.2, -0.15) is 0 Å². The van der Waals surface area contributed by atoms with Crippen molar-refractivity contribution in [3.63, 3.8) is 0 Å². The van der Waals surface area contributed by atoms with Gasteiger partial charge in [0.05, 0.1) is 51.6 Å². The molecule has 3 heterocycles. The number of anilines is 1. The van der Waals surface area contributed by atoms with Crippen molar-refractivity contribution in [2.75, 3.05) is 46.8 Å². The van der Waals surface area contributed by atoms with E-state index in [-0.39, 0.29) is 11.6 Å². The molecular formula is C33H34N6O7. The van der Waals surface area contributed by atoms with Crippen LogP contribution in [0.4, 0.5) is 10.5 Å². The average molecular weight is 627 g/mol. The highest BCUT2D eigenvalue weighted by atomic mass is 16.6. The lowest BCUT2D eigenvalue weighted by Gasteiger charge is -2.29. The lowest BCUT2D eigenvalue weighted by molar-refractivity contribution is 0.214. The third-order valence-electron chi connectivity index (χ3n) is 7.80. The molecule has 1 aliphatic heterocycles. The van der Waals surface area contributed by atoms with E-state index in [1.807, 2.05) is 12.1 Å². The van der Waals surface area contributed by atoms with Crippen LogP contribution in [0, 0.1) is 0 Å². The molecule has 0 aliphatic carbocycles. The van der Waals surface area contributed by atoms with Gasteiger partial charge in [0, 0.05) is 31.8 Å². The first kappa shape index (κ1) is 30.5. The molecule has 0 saturated carbocycles. The van der Waals surface area contributed by atoms with Crippen LogP contribution < -0.4 is 29.0 Å². The fraction of sp³-hybridized carbons (Fsp3) is 0.273. The smallest absolute Gasteiger partial charge is 0.417 e. The number of nitrogens with zero attached hydrogens (tertiary/aromatic N) is 5. The lowest BCUT2D eigenvalue weighted by atomic mass is 9.98. The maximum absolute atomic E-state index is 12.6. The van der Waals surface area contributed by atoms with Gasteiger partial charge in [0.1, 0.15) is 6.26 Å². The minimum Gasteiger partial charge on any atom is -0.493 e. The molecule has 13 heteroatoms. The number of fused-ring (bicyclic) bond motifs is 1. The van der Waals surface area contributed by atoms with Gasteiger partial charge >= 0.3 is 6.09 Å². The van der Waals surface area contributed by atoms with Crippen molar-refractivity contribution >= 4 is 11.8 Å². The molecule has 0 radical (unpaired) electrons. The summed E-state index contributed by atoms with van der Waals surface area (Å²) in [5.41, 5.74) is 5.33. The normalized spacial score (nSPS) is 12.7. The molecule has 1 N–H and O–H groups in total. The Morgan fingerprint density at radius 1 is 0.891 bits per heavy atom. The van der Waals surface area contributed by atoms with E-state index in [9.17, 15) is 4.79 Å². The maximum atomic E-state index is 12.6. The number of carbonyl (C=O) groups excluding carboxylic acids is 1. The Labute approximate surface area is 265 Å². The number of benzene rings is 3. The Balaban J connectivity index is 1.14. The highest BCUT2D eigenvalue weighted by Crippen LogP contribution is 2.38. The van der Waals surface area contributed by atoms with E-state index < -0.39 is 6.09 Å². The summed E-state index contributed by atoms with van der Waals surface area (Å²) in [6.07, 6.45) is 3.86. The number of rotatable bonds is 11. The molecule has 0 spiro atoms. The van der Waals surface area contributed by atoms with Crippen LogP contribution in [0.5, 0.6) is 28.7 Å². The van der Waals surface area contributed by atoms with Crippen LogP contribution in [-0.4, -0.2) is 72.7 Å². The summed E-state index contributed by atoms with van der Waals surface area (Å²) in [5.74, 6) is 2.90. The SMILES string of the molecule is COc1cc2c(cc1OC)CN(CCc1ccc(-n3nnc(-c4cc(OC)c(OC)cc4NC(=O)Oc4ccoc4)n3)cc1)CC2. The Kier molecular flexibility index (Phi) is 9.01. The molecule has 46 heavy (non-hydrogen) atoms. The zero-order valence-corrected chi connectivity index (χ0v) is 26.0. The van der Waals surface area contributed by atoms with Crippen molar-refractivity contribution in [3.05, 3.63) is 83.8 Å². The molecule has 2 aromatic heterocycles. The monoisotopic (exact) mass is 626 g/mol. The van der Waals surface area contributed by atoms with Crippen molar-refractivity contribution < 1.29 is 32.9 Å². The van der Waals surface area contributed by atoms with Gasteiger partial charge in [-0.25, -0.2) is 4.79 Å². The summed E-state index contributed by atoms with van der Waals surface area (Å²) in [6, 6.07) is 17.0. The topological polar surface area (TPSA) is 135 Å². The van der Waals surface area contributed by atoms with Crippen LogP contribution >= 0.6 is 0 Å². The number of methoxy groups -OCH3 is 4. The first-order valence-electron chi connectivity index (χ1n) is 14.6. The van der Waals surface area contributed by atoms with Crippen molar-refractivity contribution in [2.24, 2.45) is 0 Å². The number of hydrogen-bond acceptors (Lipinski definition) is 11. The van der Waals surface area contributed by atoms with Crippen molar-refractivity contribution in [1.82, 2.24) is 25.1 Å². The third kappa shape index (κ3) is 6.59. The van der Waals surface area contributed by atoms with E-state index in [1.165, 1.54) is 54.3 Å². The molecule has 3 aromatic carbocycles. The second kappa shape index (κ2) is 13.6. The highest BCUT2D eigenvalue weighted by molar-refractivity contribution is 5.92. The average Bonchev–Trinajstić information content (AvgIpc) is 3.79. The summed E-state index contributed by atoms with van der Waals surface area (Å²) in [7, 11) is 6.36. The lowest BCUT2D eigenvalue weighted by Crippen LogP contribution is -2.32. The molecule has 0 unspecified atom stereocenters. The van der Waals surface area contributed by atoms with E-state index in [0.29, 0.717) is 22.7 Å². The van der Waals surface area contributed by atoms with E-state index in [0.717, 1.165) is 49.7 Å². The Hall–Kier alpha value is -5.56. The highest BCUT2D eigenvalue weighted by Gasteiger charge is 2.21. The summed E-state index contributed by atoms with van der Waals surface area (Å²) < 4.78 is 32.1. The van der Waals surface area contributed by atoms with Gasteiger partial charge in [-0.15, -0.1) is 15.0 Å². The predicted molar refractivity (Wildman–Crippen MR) is 168 cm³/mol. The standard InChI is InChI=1S/C33H34N6O7/c1-41-28-15-22-10-13-38(19-23(22)16-29(28)42-2)12-9-21-5-7-24(8-6-21)39-36-32(35-37-39)26-17-30(43-3)31(44-4)18-27(26)34-33(40)46-25-11-14-45-20-25/h5-8,11,14-18,20H,9-10,12-13,19H2,1-4H3,(H,34,40). The molecular weight excluding hydrogens is 592 g/mol. The van der Waals surface area contributed by atoms with Crippen LogP contribution in [0.2, 0.25) is 0 Å². The molecule has 5 aromatic rings. The van der Waals surface area contributed by atoms with E-state index >= 15 is 0 Å². The minimum absolute atomic E-state index is 0.259. The van der Waals surface area contributed by atoms with Gasteiger partial charge in [0.2, 0.25) is 5.82 Å². The van der Waals surface area contributed by atoms with Gasteiger partial charge in [0.15, 0.2) is 28.7 Å². The number of aromatic nitrogens is 4. The predicted octanol–water partition coefficient (Wildman–Crippen LogP) is 5.17. The Morgan fingerprint density at radius 3 is 2.28 bits per heavy atom. The van der Waals surface area contributed by atoms with Gasteiger partial charge in [-0.05, 0) is 65.1 Å². The van der Waals surface area contributed by atoms with E-state index in [1.54, 1.807) is 26.4 Å². The molecule has 0 bridgehead atoms. The molecule has 0 fully saturated rings. The fourth-order valence-electron chi connectivity index (χ4n) is 5.37. The van der Waals surface area contributed by atoms with E-state index in [4.69, 9.17) is 28.1 Å². The molecule has 238 valence electrons. The van der Waals surface area contributed by atoms with Crippen LogP contribution in [-0.2, 0) is 19.4 Å². The van der Waals surface area contributed by atoms with Crippen LogP contribution in [0.25, 0.3) is 17.1 Å². The summed E-state index contributed by atoms with van der Waals surface area (Å²) in [4.78, 5) is 16.5. The van der Waals surface area contributed by atoms with Gasteiger partial charge < -0.3 is 28.1 Å². The maximum Gasteiger partial charge on any atom is 0.417 e. The molecule has 0 atom stereocenters. The summed E-state index contributed by atoms with van der Waals surface area (Å²) in [5, 5.41) is 15.8. The summed E-state index contributed by atoms with van der Waals surface area (Å²) in [6.45, 7) is 2.78. The Bertz CT molecular complexity index is 1800. The molecule has 1 aliphatic rings. The zero-order valence-electron chi connectivity index (χ0n) is 26.0. The number of ether oxygens (including phenoxy) is 5. The first-order chi connectivity index (χ1) is 22.5. The van der Waals surface area contributed by atoms with Crippen molar-refractivity contribution in [2.45, 2.75) is 19.4 Å². The number of hydrogen-bond donors (Lipinski definition) is 1. The molecule has 0 saturated heterocycles. The summed E-state index contributed by atoms with van der Waals surface area (Å²) >= 11 is 0. The molecule has 1 amide bonds. The van der Waals surface area contributed by atoms with Crippen LogP contribution in [0.15, 0.2) is 71.5 Å². The van der Waals surface area contributed by atoms with Crippen LogP contribution in [0.3, 0.4) is 0 Å². The van der Waals surface area contributed by atoms with Crippen molar-refractivity contribution in [1.29, 1.82) is 0 Å². The second-order valence-corrected chi connectivity index (χ2v) is 10.5. The minimum atomic E-state index is -0.730. The molecule has 13 nitrogen and oxygen atoms in total. The van der Waals surface area contributed by atoms with Gasteiger partial charge in [-0.1, -0.05) is 12.1 Å². The number of amides is 1. The third-order valence-corrected chi connectivity index (χ3v) is 7.80. The second-order valence-electron chi connectivity index (χ2n) is 10.5. The quantitative estimate of drug-likeness (QED) is 0.208. The zero-order chi connectivity index (χ0) is 32.0. The first-order valence-corrected chi connectivity index (χ1v) is 14.6. The Morgan fingerprint density at radius 2 is 1.59 bits per heavy atom. The van der Waals surface area contributed by atoms with Gasteiger partial charge in [0.25, 0.3) is 0 Å². The van der Waals surface area contributed by atoms with Gasteiger partial charge in [-0.3, -0.25) is 10.2 Å². The number of tetrazole rings is 1. The largest absolute Gasteiger partial charge is 0.493 e. The molecule has 6 rings (SSSR count). The number of carbonyl (C=O) groups is 1. The van der Waals surface area contributed by atoms with E-state index in [2.05, 4.69) is 49.9 Å². The number of furan rings is 1. The fourth-order valence-corrected chi connectivity index (χ4v) is 5.37.